The number of nitrogens with one attached hydrogen (secondary N) is 1. The number of aromatic nitrogens is 1. The standard InChI is InChI=1S/C14H15ClFN3/c1-2-9-4-3-5-18-14(9)8-19-13-6-10(15)11(16)7-12(13)17/h3-7,19H,2,8,17H2,1H3. The number of hydrogen-bond donors (Lipinski definition) is 2. The van der Waals surface area contributed by atoms with Crippen LogP contribution in [0.3, 0.4) is 0 Å². The molecule has 3 N–H and O–H groups in total. The number of benzene rings is 1. The maximum absolute atomic E-state index is 13.2. The number of nitrogens with zero attached hydrogens (tertiary/aromatic N) is 1. The highest BCUT2D eigenvalue weighted by atomic mass is 35.5. The van der Waals surface area contributed by atoms with Crippen LogP contribution in [-0.2, 0) is 13.0 Å². The summed E-state index contributed by atoms with van der Waals surface area (Å²) in [5.74, 6) is -0.517. The Morgan fingerprint density at radius 3 is 2.95 bits per heavy atom. The average molecular weight is 280 g/mol. The van der Waals surface area contributed by atoms with Gasteiger partial charge in [0.05, 0.1) is 28.6 Å². The van der Waals surface area contributed by atoms with E-state index in [0.29, 0.717) is 17.9 Å². The summed E-state index contributed by atoms with van der Waals surface area (Å²) in [6, 6.07) is 6.64. The zero-order valence-electron chi connectivity index (χ0n) is 10.6. The van der Waals surface area contributed by atoms with E-state index < -0.39 is 5.82 Å². The van der Waals surface area contributed by atoms with Gasteiger partial charge in [-0.3, -0.25) is 4.98 Å². The molecule has 1 aromatic heterocycles. The van der Waals surface area contributed by atoms with E-state index in [1.165, 1.54) is 17.7 Å². The van der Waals surface area contributed by atoms with Crippen molar-refractivity contribution in [3.05, 3.63) is 52.6 Å². The predicted octanol–water partition coefficient (Wildman–Crippen LogP) is 3.63. The van der Waals surface area contributed by atoms with Gasteiger partial charge in [0.15, 0.2) is 0 Å². The van der Waals surface area contributed by atoms with Gasteiger partial charge in [-0.15, -0.1) is 0 Å². The molecular weight excluding hydrogens is 265 g/mol. The summed E-state index contributed by atoms with van der Waals surface area (Å²) in [4.78, 5) is 4.32. The molecule has 2 aromatic rings. The molecule has 0 radical (unpaired) electrons. The average Bonchev–Trinajstić information content (AvgIpc) is 2.41. The van der Waals surface area contributed by atoms with Crippen molar-refractivity contribution in [1.82, 2.24) is 4.98 Å². The highest BCUT2D eigenvalue weighted by Crippen LogP contribution is 2.26. The molecule has 0 spiro atoms. The third kappa shape index (κ3) is 3.15. The minimum Gasteiger partial charge on any atom is -0.397 e. The van der Waals surface area contributed by atoms with Gasteiger partial charge in [-0.1, -0.05) is 24.6 Å². The van der Waals surface area contributed by atoms with Gasteiger partial charge >= 0.3 is 0 Å². The number of nitrogen functional groups attached to an aromatic ring is 1. The summed E-state index contributed by atoms with van der Waals surface area (Å²) in [5, 5.41) is 3.18. The highest BCUT2D eigenvalue weighted by molar-refractivity contribution is 6.31. The molecule has 5 heteroatoms. The maximum atomic E-state index is 13.2. The van der Waals surface area contributed by atoms with E-state index in [4.69, 9.17) is 17.3 Å². The van der Waals surface area contributed by atoms with Crippen LogP contribution in [0.25, 0.3) is 0 Å². The van der Waals surface area contributed by atoms with E-state index in [9.17, 15) is 4.39 Å². The minimum atomic E-state index is -0.517. The van der Waals surface area contributed by atoms with Crippen LogP contribution in [0.2, 0.25) is 5.02 Å². The number of nitrogens with two attached hydrogens (primary N) is 1. The van der Waals surface area contributed by atoms with Crippen molar-refractivity contribution >= 4 is 23.0 Å². The van der Waals surface area contributed by atoms with E-state index in [-0.39, 0.29) is 5.02 Å². The summed E-state index contributed by atoms with van der Waals surface area (Å²) in [6.45, 7) is 2.60. The Morgan fingerprint density at radius 1 is 1.42 bits per heavy atom. The molecule has 0 unspecified atom stereocenters. The van der Waals surface area contributed by atoms with Gasteiger partial charge in [0.1, 0.15) is 5.82 Å². The first-order valence-corrected chi connectivity index (χ1v) is 6.40. The first-order chi connectivity index (χ1) is 9.11. The van der Waals surface area contributed by atoms with Gasteiger partial charge in [-0.2, -0.15) is 0 Å². The molecule has 0 saturated heterocycles. The van der Waals surface area contributed by atoms with Crippen LogP contribution in [0, 0.1) is 5.82 Å². The number of hydrogen-bond acceptors (Lipinski definition) is 3. The third-order valence-corrected chi connectivity index (χ3v) is 3.19. The Bertz CT molecular complexity index is 587. The van der Waals surface area contributed by atoms with Gasteiger partial charge < -0.3 is 11.1 Å². The highest BCUT2D eigenvalue weighted by Gasteiger charge is 2.07. The van der Waals surface area contributed by atoms with Crippen LogP contribution >= 0.6 is 11.6 Å². The largest absolute Gasteiger partial charge is 0.397 e. The molecule has 0 atom stereocenters. The molecule has 0 fully saturated rings. The fourth-order valence-electron chi connectivity index (χ4n) is 1.85. The third-order valence-electron chi connectivity index (χ3n) is 2.90. The SMILES string of the molecule is CCc1cccnc1CNc1cc(Cl)c(F)cc1N. The number of aryl methyl sites for hydroxylation is 1. The molecule has 0 aliphatic carbocycles. The summed E-state index contributed by atoms with van der Waals surface area (Å²) in [6.07, 6.45) is 2.65. The maximum Gasteiger partial charge on any atom is 0.143 e. The van der Waals surface area contributed by atoms with Crippen molar-refractivity contribution in [3.63, 3.8) is 0 Å². The zero-order chi connectivity index (χ0) is 13.8. The molecule has 19 heavy (non-hydrogen) atoms. The van der Waals surface area contributed by atoms with Gasteiger partial charge in [-0.25, -0.2) is 4.39 Å². The van der Waals surface area contributed by atoms with Crippen molar-refractivity contribution < 1.29 is 4.39 Å². The number of pyridine rings is 1. The van der Waals surface area contributed by atoms with Crippen molar-refractivity contribution in [1.29, 1.82) is 0 Å². The lowest BCUT2D eigenvalue weighted by Gasteiger charge is -2.12. The second kappa shape index (κ2) is 5.89. The van der Waals surface area contributed by atoms with Crippen molar-refractivity contribution in [3.8, 4) is 0 Å². The second-order valence-electron chi connectivity index (χ2n) is 4.17. The smallest absolute Gasteiger partial charge is 0.143 e. The van der Waals surface area contributed by atoms with Gasteiger partial charge in [0.25, 0.3) is 0 Å². The molecule has 0 amide bonds. The number of anilines is 2. The quantitative estimate of drug-likeness (QED) is 0.840. The molecule has 0 aliphatic heterocycles. The van der Waals surface area contributed by atoms with Gasteiger partial charge in [-0.05, 0) is 24.1 Å². The van der Waals surface area contributed by atoms with Crippen LogP contribution in [-0.4, -0.2) is 4.98 Å². The van der Waals surface area contributed by atoms with Gasteiger partial charge in [0, 0.05) is 12.3 Å². The topological polar surface area (TPSA) is 50.9 Å². The van der Waals surface area contributed by atoms with Crippen LogP contribution in [0.1, 0.15) is 18.2 Å². The van der Waals surface area contributed by atoms with Crippen LogP contribution < -0.4 is 11.1 Å². The van der Waals surface area contributed by atoms with Crippen molar-refractivity contribution in [2.24, 2.45) is 0 Å². The Kier molecular flexibility index (Phi) is 4.22. The number of halogens is 2. The van der Waals surface area contributed by atoms with Crippen molar-refractivity contribution in [2.45, 2.75) is 19.9 Å². The Labute approximate surface area is 116 Å². The summed E-state index contributed by atoms with van der Waals surface area (Å²) in [5.41, 5.74) is 8.80. The molecule has 2 rings (SSSR count). The lowest BCUT2D eigenvalue weighted by molar-refractivity contribution is 0.629. The molecule has 0 saturated carbocycles. The normalized spacial score (nSPS) is 10.5. The lowest BCUT2D eigenvalue weighted by atomic mass is 10.1. The lowest BCUT2D eigenvalue weighted by Crippen LogP contribution is -2.07. The zero-order valence-corrected chi connectivity index (χ0v) is 11.3. The van der Waals surface area contributed by atoms with E-state index in [0.717, 1.165) is 12.1 Å². The van der Waals surface area contributed by atoms with Crippen molar-refractivity contribution in [2.75, 3.05) is 11.1 Å². The molecule has 0 aliphatic rings. The van der Waals surface area contributed by atoms with E-state index in [1.807, 2.05) is 12.1 Å². The fourth-order valence-corrected chi connectivity index (χ4v) is 2.01. The monoisotopic (exact) mass is 279 g/mol. The summed E-state index contributed by atoms with van der Waals surface area (Å²) >= 11 is 5.74. The molecule has 1 aromatic carbocycles. The predicted molar refractivity (Wildman–Crippen MR) is 76.8 cm³/mol. The van der Waals surface area contributed by atoms with E-state index >= 15 is 0 Å². The van der Waals surface area contributed by atoms with E-state index in [2.05, 4.69) is 17.2 Å². The first-order valence-electron chi connectivity index (χ1n) is 6.03. The minimum absolute atomic E-state index is 0.0495. The van der Waals surface area contributed by atoms with Gasteiger partial charge in [0.2, 0.25) is 0 Å². The van der Waals surface area contributed by atoms with E-state index in [1.54, 1.807) is 6.20 Å². The summed E-state index contributed by atoms with van der Waals surface area (Å²) < 4.78 is 13.2. The second-order valence-corrected chi connectivity index (χ2v) is 4.58. The van der Waals surface area contributed by atoms with Crippen LogP contribution in [0.15, 0.2) is 30.5 Å². The molecule has 3 nitrogen and oxygen atoms in total. The van der Waals surface area contributed by atoms with Crippen LogP contribution in [0.5, 0.6) is 0 Å². The first kappa shape index (κ1) is 13.6. The molecular formula is C14H15ClFN3. The Balaban J connectivity index is 2.17. The summed E-state index contributed by atoms with van der Waals surface area (Å²) in [7, 11) is 0. The Hall–Kier alpha value is -1.81. The van der Waals surface area contributed by atoms with Crippen LogP contribution in [0.4, 0.5) is 15.8 Å². The molecule has 1 heterocycles. The molecule has 0 bridgehead atoms. The Morgan fingerprint density at radius 2 is 2.21 bits per heavy atom. The fraction of sp³-hybridized carbons (Fsp3) is 0.214. The number of rotatable bonds is 4. The molecule has 100 valence electrons.